The number of nitrogens with zero attached hydrogens (tertiary/aromatic N) is 2. The maximum absolute atomic E-state index is 12.2. The molecule has 0 unspecified atom stereocenters. The molecule has 1 N–H and O–H groups in total. The van der Waals surface area contributed by atoms with Gasteiger partial charge >= 0.3 is 0 Å². The Morgan fingerprint density at radius 3 is 2.70 bits per heavy atom. The molecule has 0 aliphatic heterocycles. The zero-order chi connectivity index (χ0) is 16.8. The number of hydrogen-bond acceptors (Lipinski definition) is 4. The summed E-state index contributed by atoms with van der Waals surface area (Å²) in [6, 6.07) is 5.68. The van der Waals surface area contributed by atoms with Gasteiger partial charge in [-0.25, -0.2) is 5.43 Å². The van der Waals surface area contributed by atoms with Gasteiger partial charge in [-0.1, -0.05) is 26.8 Å². The SMILES string of the molecule is CC1(C)[C@@H]2CC[C@@]1(C)/C(=N\NC(=O)c1cccc([N+](=O)[O-])c1)C2. The lowest BCUT2D eigenvalue weighted by Crippen LogP contribution is -2.34. The Balaban J connectivity index is 1.78. The van der Waals surface area contributed by atoms with Gasteiger partial charge in [0.1, 0.15) is 0 Å². The van der Waals surface area contributed by atoms with E-state index in [0.717, 1.165) is 18.6 Å². The number of hydrazone groups is 1. The van der Waals surface area contributed by atoms with E-state index in [0.29, 0.717) is 5.92 Å². The number of non-ortho nitro benzene ring substituents is 1. The normalized spacial score (nSPS) is 29.7. The van der Waals surface area contributed by atoms with Crippen LogP contribution in [0.3, 0.4) is 0 Å². The Hall–Kier alpha value is -2.24. The van der Waals surface area contributed by atoms with E-state index in [9.17, 15) is 14.9 Å². The molecule has 2 aliphatic rings. The molecule has 1 aromatic carbocycles. The van der Waals surface area contributed by atoms with Gasteiger partial charge in [-0.05, 0) is 36.7 Å². The fraction of sp³-hybridized carbons (Fsp3) is 0.529. The second-order valence-electron chi connectivity index (χ2n) is 7.30. The fourth-order valence-electron chi connectivity index (χ4n) is 4.04. The van der Waals surface area contributed by atoms with Crippen LogP contribution in [0.4, 0.5) is 5.69 Å². The lowest BCUT2D eigenvalue weighted by molar-refractivity contribution is -0.384. The van der Waals surface area contributed by atoms with E-state index in [1.807, 2.05) is 0 Å². The van der Waals surface area contributed by atoms with Gasteiger partial charge in [0.15, 0.2) is 0 Å². The molecule has 0 heterocycles. The lowest BCUT2D eigenvalue weighted by Gasteiger charge is -2.34. The zero-order valence-corrected chi connectivity index (χ0v) is 13.6. The first-order valence-corrected chi connectivity index (χ1v) is 7.87. The molecule has 1 aromatic rings. The first-order chi connectivity index (χ1) is 10.8. The van der Waals surface area contributed by atoms with Crippen LogP contribution in [0.15, 0.2) is 29.4 Å². The monoisotopic (exact) mass is 315 g/mol. The summed E-state index contributed by atoms with van der Waals surface area (Å²) >= 11 is 0. The standard InChI is InChI=1S/C17H21N3O3/c1-16(2)12-7-8-17(16,3)14(10-12)18-19-15(21)11-5-4-6-13(9-11)20(22)23/h4-6,9,12H,7-8,10H2,1-3H3,(H,19,21)/b18-14-/t12-,17+/m1/s1. The zero-order valence-electron chi connectivity index (χ0n) is 13.6. The van der Waals surface area contributed by atoms with E-state index in [-0.39, 0.29) is 22.1 Å². The van der Waals surface area contributed by atoms with Crippen LogP contribution in [0.25, 0.3) is 0 Å². The van der Waals surface area contributed by atoms with Gasteiger partial charge in [0, 0.05) is 28.8 Å². The average molecular weight is 315 g/mol. The second-order valence-corrected chi connectivity index (χ2v) is 7.30. The van der Waals surface area contributed by atoms with Crippen LogP contribution in [0.2, 0.25) is 0 Å². The first-order valence-electron chi connectivity index (χ1n) is 7.87. The number of fused-ring (bicyclic) bond motifs is 2. The molecular formula is C17H21N3O3. The quantitative estimate of drug-likeness (QED) is 0.684. The second kappa shape index (κ2) is 5.15. The number of nitro benzene ring substituents is 1. The number of rotatable bonds is 3. The highest BCUT2D eigenvalue weighted by Crippen LogP contribution is 2.63. The maximum atomic E-state index is 12.2. The van der Waals surface area contributed by atoms with Crippen molar-refractivity contribution in [2.24, 2.45) is 21.8 Å². The third-order valence-corrected chi connectivity index (χ3v) is 6.12. The molecular weight excluding hydrogens is 294 g/mol. The number of amides is 1. The minimum atomic E-state index is -0.512. The third kappa shape index (κ3) is 2.33. The van der Waals surface area contributed by atoms with E-state index < -0.39 is 10.8 Å². The van der Waals surface area contributed by atoms with Crippen molar-refractivity contribution < 1.29 is 9.72 Å². The van der Waals surface area contributed by atoms with E-state index in [1.54, 1.807) is 6.07 Å². The number of nitro groups is 1. The van der Waals surface area contributed by atoms with Crippen LogP contribution in [0, 0.1) is 26.9 Å². The molecule has 0 aromatic heterocycles. The molecule has 2 aliphatic carbocycles. The molecule has 23 heavy (non-hydrogen) atoms. The summed E-state index contributed by atoms with van der Waals surface area (Å²) < 4.78 is 0. The van der Waals surface area contributed by atoms with Gasteiger partial charge < -0.3 is 0 Å². The topological polar surface area (TPSA) is 84.6 Å². The smallest absolute Gasteiger partial charge is 0.267 e. The summed E-state index contributed by atoms with van der Waals surface area (Å²) in [5.41, 5.74) is 3.99. The van der Waals surface area contributed by atoms with Crippen molar-refractivity contribution in [2.75, 3.05) is 0 Å². The summed E-state index contributed by atoms with van der Waals surface area (Å²) in [5, 5.41) is 15.2. The average Bonchev–Trinajstić information content (AvgIpc) is 2.85. The first kappa shape index (κ1) is 15.6. The van der Waals surface area contributed by atoms with Crippen LogP contribution in [0.5, 0.6) is 0 Å². The summed E-state index contributed by atoms with van der Waals surface area (Å²) in [7, 11) is 0. The predicted octanol–water partition coefficient (Wildman–Crippen LogP) is 3.53. The molecule has 2 atom stereocenters. The Labute approximate surface area is 135 Å². The van der Waals surface area contributed by atoms with Crippen molar-refractivity contribution >= 4 is 17.3 Å². The number of hydrogen-bond donors (Lipinski definition) is 1. The van der Waals surface area contributed by atoms with Crippen molar-refractivity contribution in [3.05, 3.63) is 39.9 Å². The molecule has 0 saturated heterocycles. The summed E-state index contributed by atoms with van der Waals surface area (Å²) in [5.74, 6) is 0.200. The summed E-state index contributed by atoms with van der Waals surface area (Å²) in [6.45, 7) is 6.77. The van der Waals surface area contributed by atoms with E-state index >= 15 is 0 Å². The fourth-order valence-corrected chi connectivity index (χ4v) is 4.04. The Morgan fingerprint density at radius 2 is 2.13 bits per heavy atom. The molecule has 6 heteroatoms. The van der Waals surface area contributed by atoms with Gasteiger partial charge in [0.2, 0.25) is 0 Å². The van der Waals surface area contributed by atoms with Gasteiger partial charge in [-0.15, -0.1) is 0 Å². The highest BCUT2D eigenvalue weighted by Gasteiger charge is 2.60. The number of nitrogens with one attached hydrogen (secondary N) is 1. The predicted molar refractivity (Wildman–Crippen MR) is 87.2 cm³/mol. The van der Waals surface area contributed by atoms with Gasteiger partial charge in [-0.2, -0.15) is 5.10 Å². The minimum absolute atomic E-state index is 0.0215. The highest BCUT2D eigenvalue weighted by molar-refractivity contribution is 5.98. The maximum Gasteiger partial charge on any atom is 0.271 e. The Morgan fingerprint density at radius 1 is 1.39 bits per heavy atom. The molecule has 122 valence electrons. The largest absolute Gasteiger partial charge is 0.271 e. The van der Waals surface area contributed by atoms with Crippen LogP contribution < -0.4 is 5.43 Å². The van der Waals surface area contributed by atoms with Crippen LogP contribution in [-0.2, 0) is 0 Å². The van der Waals surface area contributed by atoms with Crippen molar-refractivity contribution in [1.29, 1.82) is 0 Å². The third-order valence-electron chi connectivity index (χ3n) is 6.12. The van der Waals surface area contributed by atoms with E-state index in [2.05, 4.69) is 31.3 Å². The Bertz CT molecular complexity index is 711. The van der Waals surface area contributed by atoms with Gasteiger partial charge in [-0.3, -0.25) is 14.9 Å². The van der Waals surface area contributed by atoms with E-state index in [1.165, 1.54) is 24.6 Å². The number of carbonyl (C=O) groups excluding carboxylic acids is 1. The van der Waals surface area contributed by atoms with Gasteiger partial charge in [0.25, 0.3) is 11.6 Å². The molecule has 1 amide bonds. The molecule has 2 saturated carbocycles. The highest BCUT2D eigenvalue weighted by atomic mass is 16.6. The van der Waals surface area contributed by atoms with Crippen molar-refractivity contribution in [1.82, 2.24) is 5.43 Å². The molecule has 2 fully saturated rings. The van der Waals surface area contributed by atoms with Crippen LogP contribution in [-0.4, -0.2) is 16.5 Å². The van der Waals surface area contributed by atoms with Crippen molar-refractivity contribution in [3.63, 3.8) is 0 Å². The summed E-state index contributed by atoms with van der Waals surface area (Å²) in [4.78, 5) is 22.5. The van der Waals surface area contributed by atoms with Crippen LogP contribution >= 0.6 is 0 Å². The molecule has 6 nitrogen and oxygen atoms in total. The minimum Gasteiger partial charge on any atom is -0.267 e. The molecule has 0 spiro atoms. The van der Waals surface area contributed by atoms with Crippen molar-refractivity contribution in [3.8, 4) is 0 Å². The van der Waals surface area contributed by atoms with Crippen molar-refractivity contribution in [2.45, 2.75) is 40.0 Å². The lowest BCUT2D eigenvalue weighted by atomic mass is 9.70. The molecule has 3 rings (SSSR count). The molecule has 0 radical (unpaired) electrons. The molecule has 2 bridgehead atoms. The Kier molecular flexibility index (Phi) is 3.50. The van der Waals surface area contributed by atoms with E-state index in [4.69, 9.17) is 0 Å². The summed E-state index contributed by atoms with van der Waals surface area (Å²) in [6.07, 6.45) is 3.22. The van der Waals surface area contributed by atoms with Crippen LogP contribution in [0.1, 0.15) is 50.4 Å². The van der Waals surface area contributed by atoms with Gasteiger partial charge in [0.05, 0.1) is 4.92 Å². The number of carbonyl (C=O) groups is 1. The number of benzene rings is 1.